The first kappa shape index (κ1) is 18.2. The Morgan fingerprint density at radius 1 is 1.16 bits per heavy atom. The van der Waals surface area contributed by atoms with Gasteiger partial charge in [0.1, 0.15) is 17.3 Å². The normalized spacial score (nSPS) is 16.8. The van der Waals surface area contributed by atoms with Crippen LogP contribution in [0.3, 0.4) is 0 Å². The van der Waals surface area contributed by atoms with Gasteiger partial charge in [0.2, 0.25) is 0 Å². The SMILES string of the molecule is Cc1c(Cl)ncnc1N1CCC(CO)(CCCc2ccccc2)CC1. The zero-order valence-electron chi connectivity index (χ0n) is 14.8. The largest absolute Gasteiger partial charge is 0.396 e. The number of nitrogens with zero attached hydrogens (tertiary/aromatic N) is 3. The smallest absolute Gasteiger partial charge is 0.137 e. The van der Waals surface area contributed by atoms with Crippen LogP contribution in [-0.4, -0.2) is 34.8 Å². The van der Waals surface area contributed by atoms with Gasteiger partial charge < -0.3 is 10.0 Å². The van der Waals surface area contributed by atoms with Gasteiger partial charge in [-0.05, 0) is 50.0 Å². The molecule has 1 aliphatic rings. The molecule has 0 saturated carbocycles. The number of anilines is 1. The van der Waals surface area contributed by atoms with Crippen molar-refractivity contribution in [3.8, 4) is 0 Å². The van der Waals surface area contributed by atoms with E-state index in [0.717, 1.165) is 56.6 Å². The van der Waals surface area contributed by atoms with E-state index >= 15 is 0 Å². The molecule has 1 aromatic carbocycles. The molecule has 134 valence electrons. The van der Waals surface area contributed by atoms with E-state index in [0.29, 0.717) is 5.15 Å². The molecule has 2 aromatic rings. The minimum Gasteiger partial charge on any atom is -0.396 e. The molecule has 1 aliphatic heterocycles. The molecule has 0 atom stereocenters. The van der Waals surface area contributed by atoms with Crippen LogP contribution in [0.4, 0.5) is 5.82 Å². The molecule has 0 bridgehead atoms. The summed E-state index contributed by atoms with van der Waals surface area (Å²) in [4.78, 5) is 10.7. The van der Waals surface area contributed by atoms with Crippen LogP contribution in [0.1, 0.15) is 36.8 Å². The van der Waals surface area contributed by atoms with Crippen molar-refractivity contribution in [3.63, 3.8) is 0 Å². The molecule has 0 spiro atoms. The van der Waals surface area contributed by atoms with Gasteiger partial charge in [0.15, 0.2) is 0 Å². The summed E-state index contributed by atoms with van der Waals surface area (Å²) in [6, 6.07) is 10.6. The number of halogens is 1. The maximum atomic E-state index is 10.0. The molecule has 3 rings (SSSR count). The van der Waals surface area contributed by atoms with Crippen molar-refractivity contribution in [2.24, 2.45) is 5.41 Å². The third kappa shape index (κ3) is 4.31. The average Bonchev–Trinajstić information content (AvgIpc) is 2.66. The minimum atomic E-state index is 0.0377. The number of hydrogen-bond acceptors (Lipinski definition) is 4. The summed E-state index contributed by atoms with van der Waals surface area (Å²) >= 11 is 6.13. The fraction of sp³-hybridized carbons (Fsp3) is 0.500. The van der Waals surface area contributed by atoms with Crippen LogP contribution in [0, 0.1) is 12.3 Å². The van der Waals surface area contributed by atoms with Gasteiger partial charge in [-0.15, -0.1) is 0 Å². The average molecular weight is 360 g/mol. The van der Waals surface area contributed by atoms with Gasteiger partial charge in [-0.2, -0.15) is 0 Å². The summed E-state index contributed by atoms with van der Waals surface area (Å²) in [5.74, 6) is 0.927. The van der Waals surface area contributed by atoms with Crippen LogP contribution in [0.15, 0.2) is 36.7 Å². The van der Waals surface area contributed by atoms with Gasteiger partial charge in [-0.25, -0.2) is 9.97 Å². The quantitative estimate of drug-likeness (QED) is 0.791. The van der Waals surface area contributed by atoms with Gasteiger partial charge >= 0.3 is 0 Å². The Bertz CT molecular complexity index is 685. The zero-order chi connectivity index (χ0) is 17.7. The highest BCUT2D eigenvalue weighted by Crippen LogP contribution is 2.38. The highest BCUT2D eigenvalue weighted by atomic mass is 35.5. The van der Waals surface area contributed by atoms with Crippen LogP contribution >= 0.6 is 11.6 Å². The van der Waals surface area contributed by atoms with E-state index in [1.807, 2.05) is 6.92 Å². The van der Waals surface area contributed by atoms with Crippen LogP contribution in [0.25, 0.3) is 0 Å². The van der Waals surface area contributed by atoms with E-state index in [9.17, 15) is 5.11 Å². The molecular weight excluding hydrogens is 334 g/mol. The van der Waals surface area contributed by atoms with E-state index in [4.69, 9.17) is 11.6 Å². The second kappa shape index (κ2) is 8.15. The molecule has 2 heterocycles. The Hall–Kier alpha value is -1.65. The lowest BCUT2D eigenvalue weighted by atomic mass is 9.75. The molecule has 0 aliphatic carbocycles. The molecular formula is C20H26ClN3O. The maximum Gasteiger partial charge on any atom is 0.137 e. The second-order valence-corrected chi connectivity index (χ2v) is 7.46. The third-order valence-electron chi connectivity index (χ3n) is 5.47. The second-order valence-electron chi connectivity index (χ2n) is 7.10. The first-order chi connectivity index (χ1) is 12.1. The number of aromatic nitrogens is 2. The fourth-order valence-corrected chi connectivity index (χ4v) is 3.86. The number of piperidine rings is 1. The number of rotatable bonds is 6. The molecule has 1 aromatic heterocycles. The van der Waals surface area contributed by atoms with E-state index in [2.05, 4.69) is 45.2 Å². The van der Waals surface area contributed by atoms with Gasteiger partial charge in [0.25, 0.3) is 0 Å². The lowest BCUT2D eigenvalue weighted by Gasteiger charge is -2.41. The number of aliphatic hydroxyl groups excluding tert-OH is 1. The van der Waals surface area contributed by atoms with Crippen LogP contribution < -0.4 is 4.90 Å². The molecule has 0 unspecified atom stereocenters. The molecule has 1 saturated heterocycles. The van der Waals surface area contributed by atoms with Crippen molar-refractivity contribution < 1.29 is 5.11 Å². The topological polar surface area (TPSA) is 49.2 Å². The predicted molar refractivity (Wildman–Crippen MR) is 102 cm³/mol. The predicted octanol–water partition coefficient (Wildman–Crippen LogP) is 4.04. The molecule has 0 amide bonds. The molecule has 5 heteroatoms. The summed E-state index contributed by atoms with van der Waals surface area (Å²) in [7, 11) is 0. The standard InChI is InChI=1S/C20H26ClN3O/c1-16-18(21)22-15-23-19(16)24-12-10-20(14-25,11-13-24)9-5-8-17-6-3-2-4-7-17/h2-4,6-7,15,25H,5,8-14H2,1H3. The summed E-state index contributed by atoms with van der Waals surface area (Å²) in [6.45, 7) is 4.03. The monoisotopic (exact) mass is 359 g/mol. The van der Waals surface area contributed by atoms with Crippen molar-refractivity contribution in [2.75, 3.05) is 24.6 Å². The fourth-order valence-electron chi connectivity index (χ4n) is 3.73. The summed E-state index contributed by atoms with van der Waals surface area (Å²) in [6.07, 6.45) is 6.75. The van der Waals surface area contributed by atoms with Crippen molar-refractivity contribution >= 4 is 17.4 Å². The highest BCUT2D eigenvalue weighted by molar-refractivity contribution is 6.30. The van der Waals surface area contributed by atoms with E-state index in [1.165, 1.54) is 11.9 Å². The van der Waals surface area contributed by atoms with Gasteiger partial charge in [-0.1, -0.05) is 41.9 Å². The molecule has 0 radical (unpaired) electrons. The Morgan fingerprint density at radius 2 is 1.88 bits per heavy atom. The van der Waals surface area contributed by atoms with Gasteiger partial charge in [0.05, 0.1) is 0 Å². The first-order valence-corrected chi connectivity index (χ1v) is 9.38. The Balaban J connectivity index is 1.57. The molecule has 4 nitrogen and oxygen atoms in total. The third-order valence-corrected chi connectivity index (χ3v) is 5.85. The summed E-state index contributed by atoms with van der Waals surface area (Å²) in [5.41, 5.74) is 2.35. The van der Waals surface area contributed by atoms with Crippen LogP contribution in [-0.2, 0) is 6.42 Å². The molecule has 1 N–H and O–H groups in total. The summed E-state index contributed by atoms with van der Waals surface area (Å²) < 4.78 is 0. The molecule has 1 fully saturated rings. The number of hydrogen-bond donors (Lipinski definition) is 1. The highest BCUT2D eigenvalue weighted by Gasteiger charge is 2.34. The Morgan fingerprint density at radius 3 is 2.56 bits per heavy atom. The van der Waals surface area contributed by atoms with E-state index < -0.39 is 0 Å². The summed E-state index contributed by atoms with van der Waals surface area (Å²) in [5, 5.41) is 10.5. The van der Waals surface area contributed by atoms with Crippen molar-refractivity contribution in [1.82, 2.24) is 9.97 Å². The number of benzene rings is 1. The Kier molecular flexibility index (Phi) is 5.92. The Labute approximate surface area is 154 Å². The first-order valence-electron chi connectivity index (χ1n) is 9.00. The lowest BCUT2D eigenvalue weighted by molar-refractivity contribution is 0.0848. The van der Waals surface area contributed by atoms with E-state index in [-0.39, 0.29) is 12.0 Å². The van der Waals surface area contributed by atoms with Gasteiger partial charge in [0, 0.05) is 25.3 Å². The van der Waals surface area contributed by atoms with Crippen molar-refractivity contribution in [3.05, 3.63) is 52.9 Å². The zero-order valence-corrected chi connectivity index (χ0v) is 15.5. The van der Waals surface area contributed by atoms with Crippen molar-refractivity contribution in [1.29, 1.82) is 0 Å². The van der Waals surface area contributed by atoms with E-state index in [1.54, 1.807) is 0 Å². The van der Waals surface area contributed by atoms with Crippen LogP contribution in [0.2, 0.25) is 5.15 Å². The number of aryl methyl sites for hydroxylation is 1. The van der Waals surface area contributed by atoms with Gasteiger partial charge in [-0.3, -0.25) is 0 Å². The van der Waals surface area contributed by atoms with Crippen molar-refractivity contribution in [2.45, 2.75) is 39.0 Å². The maximum absolute atomic E-state index is 10.0. The number of aliphatic hydroxyl groups is 1. The van der Waals surface area contributed by atoms with Crippen LogP contribution in [0.5, 0.6) is 0 Å². The lowest BCUT2D eigenvalue weighted by Crippen LogP contribution is -2.42. The molecule has 25 heavy (non-hydrogen) atoms. The minimum absolute atomic E-state index is 0.0377.